The van der Waals surface area contributed by atoms with Crippen molar-refractivity contribution in [3.63, 3.8) is 0 Å². The Morgan fingerprint density at radius 1 is 1.33 bits per heavy atom. The van der Waals surface area contributed by atoms with Gasteiger partial charge in [-0.1, -0.05) is 11.6 Å². The van der Waals surface area contributed by atoms with Crippen LogP contribution in [0.1, 0.15) is 25.8 Å². The number of anilines is 1. The molecule has 24 heavy (non-hydrogen) atoms. The number of carbonyl (C=O) groups excluding carboxylic acids is 1. The highest BCUT2D eigenvalue weighted by molar-refractivity contribution is 6.32. The predicted octanol–water partition coefficient (Wildman–Crippen LogP) is 2.78. The standard InChI is InChI=1S/C14H17ClF3N3O3/c1-13(2,12(23)24)7-21-10(22)3-4-19-11-9(15)5-8(6-20-11)14(16,17)18/h5-6H,3-4,7H2,1-2H3,(H,19,20)(H,21,22)(H,23,24). The van der Waals surface area contributed by atoms with Gasteiger partial charge in [0.25, 0.3) is 0 Å². The number of amides is 1. The fourth-order valence-corrected chi connectivity index (χ4v) is 1.73. The molecule has 0 saturated heterocycles. The molecular weight excluding hydrogens is 351 g/mol. The van der Waals surface area contributed by atoms with Gasteiger partial charge in [0, 0.05) is 25.7 Å². The summed E-state index contributed by atoms with van der Waals surface area (Å²) in [6.07, 6.45) is -3.91. The summed E-state index contributed by atoms with van der Waals surface area (Å²) < 4.78 is 37.4. The maximum Gasteiger partial charge on any atom is 0.417 e. The van der Waals surface area contributed by atoms with Crippen LogP contribution >= 0.6 is 11.6 Å². The van der Waals surface area contributed by atoms with Crippen LogP contribution in [0, 0.1) is 5.41 Å². The molecule has 0 radical (unpaired) electrons. The molecule has 1 amide bonds. The van der Waals surface area contributed by atoms with Crippen LogP contribution in [0.2, 0.25) is 5.02 Å². The van der Waals surface area contributed by atoms with Crippen LogP contribution in [0.4, 0.5) is 19.0 Å². The lowest BCUT2D eigenvalue weighted by Crippen LogP contribution is -2.39. The fraction of sp³-hybridized carbons (Fsp3) is 0.500. The van der Waals surface area contributed by atoms with Crippen molar-refractivity contribution < 1.29 is 27.9 Å². The van der Waals surface area contributed by atoms with Crippen molar-refractivity contribution in [1.82, 2.24) is 10.3 Å². The number of carboxylic acid groups (broad SMARTS) is 1. The number of hydrogen-bond donors (Lipinski definition) is 3. The third kappa shape index (κ3) is 5.88. The average Bonchev–Trinajstić information content (AvgIpc) is 2.45. The summed E-state index contributed by atoms with van der Waals surface area (Å²) in [6.45, 7) is 2.98. The Bertz CT molecular complexity index is 621. The number of nitrogens with zero attached hydrogens (tertiary/aromatic N) is 1. The minimum absolute atomic E-state index is 0.0191. The van der Waals surface area contributed by atoms with Crippen LogP contribution in [0.25, 0.3) is 0 Å². The molecule has 0 bridgehead atoms. The van der Waals surface area contributed by atoms with Crippen molar-refractivity contribution >= 4 is 29.3 Å². The lowest BCUT2D eigenvalue weighted by Gasteiger charge is -2.19. The van der Waals surface area contributed by atoms with E-state index >= 15 is 0 Å². The molecule has 1 aromatic heterocycles. The van der Waals surface area contributed by atoms with E-state index in [2.05, 4.69) is 15.6 Å². The molecule has 10 heteroatoms. The van der Waals surface area contributed by atoms with Gasteiger partial charge in [0.2, 0.25) is 5.91 Å². The van der Waals surface area contributed by atoms with Gasteiger partial charge in [0.05, 0.1) is 16.0 Å². The van der Waals surface area contributed by atoms with E-state index in [4.69, 9.17) is 16.7 Å². The van der Waals surface area contributed by atoms with Crippen LogP contribution in [0.15, 0.2) is 12.3 Å². The summed E-state index contributed by atoms with van der Waals surface area (Å²) in [6, 6.07) is 0.742. The van der Waals surface area contributed by atoms with E-state index in [1.54, 1.807) is 0 Å². The largest absolute Gasteiger partial charge is 0.481 e. The number of aromatic nitrogens is 1. The molecule has 0 aromatic carbocycles. The van der Waals surface area contributed by atoms with Gasteiger partial charge in [0.1, 0.15) is 5.82 Å². The van der Waals surface area contributed by atoms with Crippen LogP contribution < -0.4 is 10.6 Å². The molecule has 0 atom stereocenters. The second kappa shape index (κ2) is 7.69. The van der Waals surface area contributed by atoms with Gasteiger partial charge in [0.15, 0.2) is 0 Å². The Kier molecular flexibility index (Phi) is 6.42. The van der Waals surface area contributed by atoms with E-state index in [1.165, 1.54) is 13.8 Å². The van der Waals surface area contributed by atoms with Crippen molar-refractivity contribution in [2.45, 2.75) is 26.4 Å². The van der Waals surface area contributed by atoms with E-state index in [0.717, 1.165) is 6.07 Å². The Balaban J connectivity index is 2.48. The number of alkyl halides is 3. The van der Waals surface area contributed by atoms with E-state index in [1.807, 2.05) is 0 Å². The molecule has 0 aliphatic heterocycles. The highest BCUT2D eigenvalue weighted by Gasteiger charge is 2.31. The fourth-order valence-electron chi connectivity index (χ4n) is 1.50. The smallest absolute Gasteiger partial charge is 0.417 e. The number of hydrogen-bond acceptors (Lipinski definition) is 4. The van der Waals surface area contributed by atoms with Gasteiger partial charge in [-0.3, -0.25) is 9.59 Å². The van der Waals surface area contributed by atoms with Crippen LogP contribution in [0.3, 0.4) is 0 Å². The van der Waals surface area contributed by atoms with Crippen LogP contribution in [-0.2, 0) is 15.8 Å². The molecule has 1 aromatic rings. The molecule has 0 saturated carbocycles. The second-order valence-corrected chi connectivity index (χ2v) is 6.10. The van der Waals surface area contributed by atoms with Gasteiger partial charge in [-0.25, -0.2) is 4.98 Å². The molecule has 134 valence electrons. The van der Waals surface area contributed by atoms with E-state index in [9.17, 15) is 22.8 Å². The number of aliphatic carboxylic acids is 1. The monoisotopic (exact) mass is 367 g/mol. The zero-order valence-electron chi connectivity index (χ0n) is 13.0. The first-order valence-electron chi connectivity index (χ1n) is 6.90. The summed E-state index contributed by atoms with van der Waals surface area (Å²) in [5.74, 6) is -1.41. The molecule has 1 rings (SSSR count). The van der Waals surface area contributed by atoms with Crippen molar-refractivity contribution in [3.05, 3.63) is 22.8 Å². The number of carbonyl (C=O) groups is 2. The number of carboxylic acids is 1. The molecule has 0 aliphatic rings. The predicted molar refractivity (Wildman–Crippen MR) is 81.8 cm³/mol. The summed E-state index contributed by atoms with van der Waals surface area (Å²) in [5.41, 5.74) is -2.06. The first-order valence-corrected chi connectivity index (χ1v) is 7.28. The van der Waals surface area contributed by atoms with Crippen molar-refractivity contribution in [1.29, 1.82) is 0 Å². The molecule has 1 heterocycles. The van der Waals surface area contributed by atoms with Gasteiger partial charge < -0.3 is 15.7 Å². The average molecular weight is 368 g/mol. The summed E-state index contributed by atoms with van der Waals surface area (Å²) in [7, 11) is 0. The summed E-state index contributed by atoms with van der Waals surface area (Å²) in [4.78, 5) is 26.1. The molecule has 0 spiro atoms. The second-order valence-electron chi connectivity index (χ2n) is 5.69. The van der Waals surface area contributed by atoms with E-state index < -0.39 is 29.0 Å². The Morgan fingerprint density at radius 3 is 2.46 bits per heavy atom. The van der Waals surface area contributed by atoms with E-state index in [0.29, 0.717) is 6.20 Å². The molecule has 0 aliphatic carbocycles. The van der Waals surface area contributed by atoms with Crippen molar-refractivity contribution in [2.75, 3.05) is 18.4 Å². The number of rotatable bonds is 7. The quantitative estimate of drug-likeness (QED) is 0.689. The molecule has 0 unspecified atom stereocenters. The third-order valence-corrected chi connectivity index (χ3v) is 3.41. The van der Waals surface area contributed by atoms with E-state index in [-0.39, 0.29) is 30.4 Å². The molecule has 3 N–H and O–H groups in total. The number of nitrogens with one attached hydrogen (secondary N) is 2. The van der Waals surface area contributed by atoms with Gasteiger partial charge in [-0.2, -0.15) is 13.2 Å². The SMILES string of the molecule is CC(C)(CNC(=O)CCNc1ncc(C(F)(F)F)cc1Cl)C(=O)O. The first kappa shape index (κ1) is 20.0. The van der Waals surface area contributed by atoms with Crippen molar-refractivity contribution in [2.24, 2.45) is 5.41 Å². The molecule has 6 nitrogen and oxygen atoms in total. The summed E-state index contributed by atoms with van der Waals surface area (Å²) >= 11 is 5.72. The lowest BCUT2D eigenvalue weighted by atomic mass is 9.94. The minimum atomic E-state index is -4.54. The lowest BCUT2D eigenvalue weighted by molar-refractivity contribution is -0.146. The zero-order chi connectivity index (χ0) is 18.5. The Hall–Kier alpha value is -2.03. The topological polar surface area (TPSA) is 91.3 Å². The maximum atomic E-state index is 12.5. The van der Waals surface area contributed by atoms with Crippen LogP contribution in [0.5, 0.6) is 0 Å². The maximum absolute atomic E-state index is 12.5. The first-order chi connectivity index (χ1) is 10.9. The Labute approximate surface area is 141 Å². The number of halogens is 4. The zero-order valence-corrected chi connectivity index (χ0v) is 13.8. The normalized spacial score (nSPS) is 11.9. The van der Waals surface area contributed by atoms with Gasteiger partial charge in [-0.15, -0.1) is 0 Å². The molecular formula is C14H17ClF3N3O3. The van der Waals surface area contributed by atoms with Gasteiger partial charge >= 0.3 is 12.1 Å². The van der Waals surface area contributed by atoms with Crippen molar-refractivity contribution in [3.8, 4) is 0 Å². The van der Waals surface area contributed by atoms with Crippen LogP contribution in [-0.4, -0.2) is 35.1 Å². The highest BCUT2D eigenvalue weighted by Crippen LogP contribution is 2.32. The number of pyridine rings is 1. The minimum Gasteiger partial charge on any atom is -0.481 e. The van der Waals surface area contributed by atoms with Gasteiger partial charge in [-0.05, 0) is 19.9 Å². The Morgan fingerprint density at radius 2 is 1.96 bits per heavy atom. The third-order valence-electron chi connectivity index (χ3n) is 3.12. The molecule has 0 fully saturated rings. The summed E-state index contributed by atoms with van der Waals surface area (Å²) in [5, 5.41) is 13.8. The highest BCUT2D eigenvalue weighted by atomic mass is 35.5.